The number of nitrogens with one attached hydrogen (secondary N) is 1. The van der Waals surface area contributed by atoms with Crippen LogP contribution in [0.4, 0.5) is 0 Å². The summed E-state index contributed by atoms with van der Waals surface area (Å²) >= 11 is 0. The molecule has 4 heteroatoms. The molecule has 2 atom stereocenters. The Labute approximate surface area is 391 Å². The van der Waals surface area contributed by atoms with E-state index in [2.05, 4.69) is 116 Å². The molecular weight excluding hydrogens is 771 g/mol. The topological polar surface area (TPSA) is 69.6 Å². The van der Waals surface area contributed by atoms with E-state index >= 15 is 0 Å². The lowest BCUT2D eigenvalue weighted by atomic mass is 10.0. The summed E-state index contributed by atoms with van der Waals surface area (Å²) in [7, 11) is 0. The normalized spacial score (nSPS) is 13.8. The van der Waals surface area contributed by atoms with Gasteiger partial charge in [0.2, 0.25) is 5.91 Å². The molecule has 0 spiro atoms. The fourth-order valence-corrected chi connectivity index (χ4v) is 7.47. The molecule has 0 aromatic carbocycles. The van der Waals surface area contributed by atoms with E-state index in [1.54, 1.807) is 6.08 Å². The Bertz CT molecular complexity index is 1220. The van der Waals surface area contributed by atoms with Crippen molar-refractivity contribution < 1.29 is 15.0 Å². The highest BCUT2D eigenvalue weighted by atomic mass is 16.3. The maximum atomic E-state index is 12.4. The monoisotopic (exact) mass is 872 g/mol. The fourth-order valence-electron chi connectivity index (χ4n) is 7.47. The van der Waals surface area contributed by atoms with Crippen molar-refractivity contribution in [3.63, 3.8) is 0 Å². The minimum absolute atomic E-state index is 0.0775. The van der Waals surface area contributed by atoms with Crippen molar-refractivity contribution in [3.05, 3.63) is 109 Å². The molecule has 3 N–H and O–H groups in total. The van der Waals surface area contributed by atoms with Crippen LogP contribution >= 0.6 is 0 Å². The van der Waals surface area contributed by atoms with Gasteiger partial charge in [-0.15, -0.1) is 0 Å². The zero-order valence-corrected chi connectivity index (χ0v) is 41.3. The molecule has 0 aliphatic rings. The molecule has 0 fully saturated rings. The third kappa shape index (κ3) is 49.9. The summed E-state index contributed by atoms with van der Waals surface area (Å²) in [5.41, 5.74) is 0. The quantitative estimate of drug-likeness (QED) is 0.0421. The minimum Gasteiger partial charge on any atom is -0.394 e. The summed E-state index contributed by atoms with van der Waals surface area (Å²) in [4.78, 5) is 12.4. The lowest BCUT2D eigenvalue weighted by molar-refractivity contribution is -0.123. The van der Waals surface area contributed by atoms with E-state index in [9.17, 15) is 15.0 Å². The molecule has 0 aromatic rings. The molecule has 2 unspecified atom stereocenters. The van der Waals surface area contributed by atoms with E-state index in [4.69, 9.17) is 0 Å². The third-order valence-electron chi connectivity index (χ3n) is 11.5. The molecule has 360 valence electrons. The number of hydrogen-bond donors (Lipinski definition) is 3. The highest BCUT2D eigenvalue weighted by Gasteiger charge is 2.17. The van der Waals surface area contributed by atoms with Crippen molar-refractivity contribution >= 4 is 5.91 Å². The second kappa shape index (κ2) is 53.4. The van der Waals surface area contributed by atoms with Crippen LogP contribution in [0.1, 0.15) is 239 Å². The standard InChI is InChI=1S/C59H101NO3/c1-3-5-7-9-11-13-15-16-17-18-19-20-21-22-23-24-25-26-27-28-29-30-31-32-33-34-35-36-37-38-39-40-41-42-43-44-45-47-49-51-53-55-59(63)60-57(56-61)58(62)54-52-50-48-46-14-12-10-8-6-4-2/h5,7,11,13-14,16-17,19-20,22-23,25-26,28-29,46,52,54,57-58,61-62H,3-4,6,8-10,12,15,18,21,24,27,30-45,47-51,53,55-56H2,1-2H3,(H,60,63)/b7-5-,13-11-,17-16-,20-19-,23-22-,26-25-,29-28-,46-14+,54-52+. The number of hydrogen-bond acceptors (Lipinski definition) is 3. The first-order valence-corrected chi connectivity index (χ1v) is 26.6. The van der Waals surface area contributed by atoms with Gasteiger partial charge < -0.3 is 15.5 Å². The zero-order chi connectivity index (χ0) is 45.6. The van der Waals surface area contributed by atoms with Crippen molar-refractivity contribution in [1.29, 1.82) is 0 Å². The molecular formula is C59H101NO3. The highest BCUT2D eigenvalue weighted by molar-refractivity contribution is 5.76. The zero-order valence-electron chi connectivity index (χ0n) is 41.3. The van der Waals surface area contributed by atoms with Gasteiger partial charge in [0.25, 0.3) is 0 Å². The maximum Gasteiger partial charge on any atom is 0.220 e. The average molecular weight is 872 g/mol. The van der Waals surface area contributed by atoms with Crippen LogP contribution in [0.15, 0.2) is 109 Å². The molecule has 1 amide bonds. The Morgan fingerprint density at radius 2 is 0.714 bits per heavy atom. The molecule has 0 aliphatic carbocycles. The van der Waals surface area contributed by atoms with Crippen LogP contribution in [-0.2, 0) is 4.79 Å². The van der Waals surface area contributed by atoms with E-state index in [0.717, 1.165) is 77.0 Å². The van der Waals surface area contributed by atoms with Gasteiger partial charge in [-0.1, -0.05) is 252 Å². The molecule has 0 rings (SSSR count). The molecule has 0 radical (unpaired) electrons. The summed E-state index contributed by atoms with van der Waals surface area (Å²) in [6.45, 7) is 4.14. The van der Waals surface area contributed by atoms with Crippen LogP contribution in [-0.4, -0.2) is 34.9 Å². The summed E-state index contributed by atoms with van der Waals surface area (Å²) < 4.78 is 0. The highest BCUT2D eigenvalue weighted by Crippen LogP contribution is 2.16. The summed E-state index contributed by atoms with van der Waals surface area (Å²) in [5, 5.41) is 22.9. The van der Waals surface area contributed by atoms with Crippen LogP contribution in [0.2, 0.25) is 0 Å². The molecule has 0 aliphatic heterocycles. The third-order valence-corrected chi connectivity index (χ3v) is 11.5. The van der Waals surface area contributed by atoms with Gasteiger partial charge in [0.05, 0.1) is 18.8 Å². The van der Waals surface area contributed by atoms with Crippen LogP contribution < -0.4 is 5.32 Å². The summed E-state index contributed by atoms with van der Waals surface area (Å²) in [6, 6.07) is -0.640. The van der Waals surface area contributed by atoms with E-state index in [-0.39, 0.29) is 12.5 Å². The predicted molar refractivity (Wildman–Crippen MR) is 280 cm³/mol. The van der Waals surface area contributed by atoms with Gasteiger partial charge in [0.1, 0.15) is 0 Å². The number of unbranched alkanes of at least 4 members (excludes halogenated alkanes) is 24. The van der Waals surface area contributed by atoms with E-state index in [0.29, 0.717) is 6.42 Å². The number of allylic oxidation sites excluding steroid dienone is 17. The first kappa shape index (κ1) is 60.1. The van der Waals surface area contributed by atoms with Gasteiger partial charge in [-0.3, -0.25) is 4.79 Å². The minimum atomic E-state index is -0.863. The number of amides is 1. The Hall–Kier alpha value is -2.95. The van der Waals surface area contributed by atoms with E-state index in [1.807, 2.05) is 6.08 Å². The Balaban J connectivity index is 3.48. The van der Waals surface area contributed by atoms with Gasteiger partial charge in [-0.25, -0.2) is 0 Å². The lowest BCUT2D eigenvalue weighted by Crippen LogP contribution is -2.45. The molecule has 63 heavy (non-hydrogen) atoms. The molecule has 0 saturated heterocycles. The first-order chi connectivity index (χ1) is 31.2. The number of rotatable bonds is 47. The van der Waals surface area contributed by atoms with Gasteiger partial charge in [-0.2, -0.15) is 0 Å². The number of carbonyl (C=O) groups excluding carboxylic acids is 1. The van der Waals surface area contributed by atoms with Crippen molar-refractivity contribution in [2.75, 3.05) is 6.61 Å². The van der Waals surface area contributed by atoms with Gasteiger partial charge in [0.15, 0.2) is 0 Å². The van der Waals surface area contributed by atoms with Crippen LogP contribution in [0, 0.1) is 0 Å². The van der Waals surface area contributed by atoms with Crippen molar-refractivity contribution in [1.82, 2.24) is 5.32 Å². The van der Waals surface area contributed by atoms with Gasteiger partial charge in [0, 0.05) is 6.42 Å². The van der Waals surface area contributed by atoms with Gasteiger partial charge >= 0.3 is 0 Å². The number of carbonyl (C=O) groups is 1. The van der Waals surface area contributed by atoms with Crippen LogP contribution in [0.5, 0.6) is 0 Å². The predicted octanol–water partition coefficient (Wildman–Crippen LogP) is 17.5. The molecule has 0 heterocycles. The van der Waals surface area contributed by atoms with Crippen molar-refractivity contribution in [2.45, 2.75) is 251 Å². The van der Waals surface area contributed by atoms with Crippen LogP contribution in [0.25, 0.3) is 0 Å². The van der Waals surface area contributed by atoms with Crippen molar-refractivity contribution in [2.24, 2.45) is 0 Å². The Kier molecular flexibility index (Phi) is 50.9. The van der Waals surface area contributed by atoms with E-state index < -0.39 is 12.1 Å². The fraction of sp³-hybridized carbons (Fsp3) is 0.678. The molecule has 0 bridgehead atoms. The second-order valence-electron chi connectivity index (χ2n) is 17.6. The smallest absolute Gasteiger partial charge is 0.220 e. The average Bonchev–Trinajstić information content (AvgIpc) is 3.29. The number of aliphatic hydroxyl groups is 2. The molecule has 0 saturated carbocycles. The summed E-state index contributed by atoms with van der Waals surface area (Å²) in [5.74, 6) is -0.0775. The number of aliphatic hydroxyl groups excluding tert-OH is 2. The summed E-state index contributed by atoms with van der Waals surface area (Å²) in [6.07, 6.45) is 81.1. The van der Waals surface area contributed by atoms with Crippen molar-refractivity contribution in [3.8, 4) is 0 Å². The lowest BCUT2D eigenvalue weighted by Gasteiger charge is -2.19. The van der Waals surface area contributed by atoms with Gasteiger partial charge in [-0.05, 0) is 89.9 Å². The maximum absolute atomic E-state index is 12.4. The molecule has 4 nitrogen and oxygen atoms in total. The van der Waals surface area contributed by atoms with Crippen LogP contribution in [0.3, 0.4) is 0 Å². The SMILES string of the molecule is CC/C=C\C/C=C\C/C=C\C/C=C\C/C=C\C/C=C\C/C=C\CCCCCCCCCCCCCCCCCCCCCC(=O)NC(CO)C(O)/C=C/CC/C=C/CCCCCC. The first-order valence-electron chi connectivity index (χ1n) is 26.6. The largest absolute Gasteiger partial charge is 0.394 e. The Morgan fingerprint density at radius 3 is 1.11 bits per heavy atom. The molecule has 0 aromatic heterocycles. The second-order valence-corrected chi connectivity index (χ2v) is 17.6. The Morgan fingerprint density at radius 1 is 0.397 bits per heavy atom. The van der Waals surface area contributed by atoms with E-state index in [1.165, 1.54) is 141 Å².